The number of ether oxygens (including phenoxy) is 2. The zero-order valence-corrected chi connectivity index (χ0v) is 25.1. The van der Waals surface area contributed by atoms with E-state index in [1.165, 1.54) is 19.2 Å². The third kappa shape index (κ3) is 9.22. The van der Waals surface area contributed by atoms with Gasteiger partial charge in [-0.2, -0.15) is 13.2 Å². The minimum absolute atomic E-state index is 0.0447. The molecule has 0 aromatic heterocycles. The second-order valence-electron chi connectivity index (χ2n) is 10.2. The van der Waals surface area contributed by atoms with E-state index in [0.717, 1.165) is 6.07 Å². The highest BCUT2D eigenvalue weighted by Crippen LogP contribution is 2.33. The van der Waals surface area contributed by atoms with Crippen LogP contribution in [0, 0.1) is 0 Å². The van der Waals surface area contributed by atoms with E-state index in [1.54, 1.807) is 37.3 Å². The van der Waals surface area contributed by atoms with E-state index in [9.17, 15) is 22.8 Å². The van der Waals surface area contributed by atoms with Crippen molar-refractivity contribution in [3.05, 3.63) is 58.1 Å². The van der Waals surface area contributed by atoms with Gasteiger partial charge in [-0.3, -0.25) is 9.59 Å². The molecule has 2 amide bonds. The molecule has 42 heavy (non-hydrogen) atoms. The molecule has 3 N–H and O–H groups in total. The highest BCUT2D eigenvalue weighted by molar-refractivity contribution is 6.30. The summed E-state index contributed by atoms with van der Waals surface area (Å²) in [5.41, 5.74) is 1.19. The van der Waals surface area contributed by atoms with Crippen molar-refractivity contribution >= 4 is 29.1 Å². The largest absolute Gasteiger partial charge is 0.496 e. The Bertz CT molecular complexity index is 1210. The number of halogens is 4. The number of hydrogen-bond donors (Lipinski definition) is 3. The van der Waals surface area contributed by atoms with Gasteiger partial charge in [0.1, 0.15) is 11.8 Å². The number of carbonyl (C=O) groups is 2. The lowest BCUT2D eigenvalue weighted by atomic mass is 10.0. The van der Waals surface area contributed by atoms with Gasteiger partial charge in [-0.05, 0) is 55.4 Å². The molecule has 3 rings (SSSR count). The zero-order valence-electron chi connectivity index (χ0n) is 24.3. The number of anilines is 1. The van der Waals surface area contributed by atoms with Gasteiger partial charge in [0.05, 0.1) is 25.8 Å². The van der Waals surface area contributed by atoms with E-state index in [1.807, 2.05) is 11.8 Å². The van der Waals surface area contributed by atoms with Gasteiger partial charge >= 0.3 is 6.18 Å². The Morgan fingerprint density at radius 3 is 2.38 bits per heavy atom. The van der Waals surface area contributed by atoms with Gasteiger partial charge < -0.3 is 35.2 Å². The molecule has 2 atom stereocenters. The van der Waals surface area contributed by atoms with E-state index in [-0.39, 0.29) is 37.4 Å². The quantitative estimate of drug-likeness (QED) is 0.320. The van der Waals surface area contributed by atoms with Crippen LogP contribution in [0.15, 0.2) is 36.4 Å². The number of carbonyl (C=O) groups excluding carboxylic acids is 2. The van der Waals surface area contributed by atoms with Crippen molar-refractivity contribution in [3.63, 3.8) is 0 Å². The Balaban J connectivity index is 1.77. The Morgan fingerprint density at radius 2 is 1.76 bits per heavy atom. The average molecular weight is 614 g/mol. The van der Waals surface area contributed by atoms with Crippen LogP contribution in [0.1, 0.15) is 23.6 Å². The van der Waals surface area contributed by atoms with Crippen molar-refractivity contribution in [2.24, 2.45) is 0 Å². The highest BCUT2D eigenvalue weighted by atomic mass is 35.5. The lowest BCUT2D eigenvalue weighted by Gasteiger charge is -2.38. The molecule has 0 bridgehead atoms. The average Bonchev–Trinajstić information content (AvgIpc) is 2.96. The molecule has 1 unspecified atom stereocenters. The lowest BCUT2D eigenvalue weighted by Crippen LogP contribution is -2.56. The van der Waals surface area contributed by atoms with Crippen molar-refractivity contribution in [2.75, 3.05) is 65.5 Å². The highest BCUT2D eigenvalue weighted by Gasteiger charge is 2.33. The number of benzene rings is 2. The van der Waals surface area contributed by atoms with E-state index in [0.29, 0.717) is 60.4 Å². The molecule has 0 aliphatic carbocycles. The summed E-state index contributed by atoms with van der Waals surface area (Å²) in [6, 6.07) is 7.96. The van der Waals surface area contributed by atoms with Crippen LogP contribution in [0.25, 0.3) is 0 Å². The molecular formula is C29H39ClF3N5O4. The maximum absolute atomic E-state index is 13.7. The van der Waals surface area contributed by atoms with Crippen molar-refractivity contribution in [1.29, 1.82) is 0 Å². The molecule has 0 radical (unpaired) electrons. The number of piperazine rings is 1. The molecule has 1 aliphatic rings. The number of likely N-dealkylation sites (N-methyl/N-ethyl adjacent to an activating group) is 1. The van der Waals surface area contributed by atoms with Crippen LogP contribution in [-0.2, 0) is 33.5 Å². The first-order valence-corrected chi connectivity index (χ1v) is 14.1. The number of alkyl halides is 3. The maximum Gasteiger partial charge on any atom is 0.416 e. The maximum atomic E-state index is 13.7. The molecular weight excluding hydrogens is 575 g/mol. The Morgan fingerprint density at radius 1 is 1.05 bits per heavy atom. The molecule has 2 aromatic carbocycles. The number of rotatable bonds is 13. The van der Waals surface area contributed by atoms with E-state index >= 15 is 0 Å². The zero-order chi connectivity index (χ0) is 30.9. The van der Waals surface area contributed by atoms with E-state index in [2.05, 4.69) is 16.0 Å². The molecule has 1 heterocycles. The summed E-state index contributed by atoms with van der Waals surface area (Å²) in [5, 5.41) is 9.31. The minimum Gasteiger partial charge on any atom is -0.496 e. The molecule has 13 heteroatoms. The standard InChI is InChI=1S/C29H39ClF3N5O4/c1-19(18-41-3)35-16-21-13-22(29(31,32)33)6-8-25(21)37-9-11-38(12-10-37)28(40)24(36-27(39)17-34-2)14-20-5-7-23(30)15-26(20)42-4/h5-8,13,15,19,24,34-35H,9-12,14,16-18H2,1-4H3,(H,36,39)/t19?,24-/m1/s1. The molecule has 0 saturated carbocycles. The van der Waals surface area contributed by atoms with Crippen LogP contribution in [0.5, 0.6) is 5.75 Å². The first-order chi connectivity index (χ1) is 20.0. The number of hydrogen-bond acceptors (Lipinski definition) is 7. The molecule has 232 valence electrons. The summed E-state index contributed by atoms with van der Waals surface area (Å²) < 4.78 is 51.0. The van der Waals surface area contributed by atoms with Gasteiger partial charge in [0.2, 0.25) is 11.8 Å². The fourth-order valence-corrected chi connectivity index (χ4v) is 5.07. The Hall–Kier alpha value is -3.06. The number of amides is 2. The number of nitrogens with one attached hydrogen (secondary N) is 3. The molecule has 0 spiro atoms. The van der Waals surface area contributed by atoms with Gasteiger partial charge in [0.25, 0.3) is 0 Å². The van der Waals surface area contributed by atoms with Gasteiger partial charge in [-0.25, -0.2) is 0 Å². The van der Waals surface area contributed by atoms with Crippen molar-refractivity contribution in [2.45, 2.75) is 38.1 Å². The Kier molecular flexibility index (Phi) is 12.3. The van der Waals surface area contributed by atoms with Crippen LogP contribution in [0.2, 0.25) is 5.02 Å². The van der Waals surface area contributed by atoms with E-state index < -0.39 is 17.8 Å². The smallest absolute Gasteiger partial charge is 0.416 e. The number of methoxy groups -OCH3 is 2. The monoisotopic (exact) mass is 613 g/mol. The third-order valence-corrected chi connectivity index (χ3v) is 7.28. The van der Waals surface area contributed by atoms with Crippen LogP contribution in [0.4, 0.5) is 18.9 Å². The topological polar surface area (TPSA) is 95.2 Å². The van der Waals surface area contributed by atoms with Crippen LogP contribution < -0.4 is 25.6 Å². The first-order valence-electron chi connectivity index (χ1n) is 13.7. The van der Waals surface area contributed by atoms with Gasteiger partial charge in [0.15, 0.2) is 0 Å². The molecule has 1 fully saturated rings. The summed E-state index contributed by atoms with van der Waals surface area (Å²) in [6.45, 7) is 4.09. The molecule has 1 aliphatic heterocycles. The summed E-state index contributed by atoms with van der Waals surface area (Å²) in [7, 11) is 4.71. The van der Waals surface area contributed by atoms with Crippen LogP contribution >= 0.6 is 11.6 Å². The van der Waals surface area contributed by atoms with Crippen molar-refractivity contribution < 1.29 is 32.2 Å². The number of nitrogens with zero attached hydrogens (tertiary/aromatic N) is 2. The molecule has 2 aromatic rings. The second-order valence-corrected chi connectivity index (χ2v) is 10.6. The second kappa shape index (κ2) is 15.4. The van der Waals surface area contributed by atoms with Gasteiger partial charge in [0, 0.05) is 63.0 Å². The fraction of sp³-hybridized carbons (Fsp3) is 0.517. The minimum atomic E-state index is -4.46. The predicted molar refractivity (Wildman–Crippen MR) is 156 cm³/mol. The fourth-order valence-electron chi connectivity index (χ4n) is 4.91. The van der Waals surface area contributed by atoms with Gasteiger partial charge in [-0.1, -0.05) is 17.7 Å². The Labute approximate surface area is 249 Å². The summed E-state index contributed by atoms with van der Waals surface area (Å²) in [5.74, 6) is -0.0675. The van der Waals surface area contributed by atoms with Crippen molar-refractivity contribution in [3.8, 4) is 5.75 Å². The van der Waals surface area contributed by atoms with Crippen LogP contribution in [-0.4, -0.2) is 89.4 Å². The summed E-state index contributed by atoms with van der Waals surface area (Å²) in [4.78, 5) is 29.8. The molecule has 1 saturated heterocycles. The van der Waals surface area contributed by atoms with E-state index in [4.69, 9.17) is 21.1 Å². The first kappa shape index (κ1) is 33.4. The molecule has 9 nitrogen and oxygen atoms in total. The lowest BCUT2D eigenvalue weighted by molar-refractivity contribution is -0.137. The normalized spacial score (nSPS) is 15.3. The van der Waals surface area contributed by atoms with Crippen molar-refractivity contribution in [1.82, 2.24) is 20.9 Å². The summed E-state index contributed by atoms with van der Waals surface area (Å²) >= 11 is 6.09. The predicted octanol–water partition coefficient (Wildman–Crippen LogP) is 3.09. The van der Waals surface area contributed by atoms with Gasteiger partial charge in [-0.15, -0.1) is 0 Å². The summed E-state index contributed by atoms with van der Waals surface area (Å²) in [6.07, 6.45) is -4.26. The SMILES string of the molecule is CNCC(=O)N[C@H](Cc1ccc(Cl)cc1OC)C(=O)N1CCN(c2ccc(C(F)(F)F)cc2CNC(C)COC)CC1. The third-order valence-electron chi connectivity index (χ3n) is 7.04. The van der Waals surface area contributed by atoms with Crippen LogP contribution in [0.3, 0.4) is 0 Å².